The third-order valence-corrected chi connectivity index (χ3v) is 15.6. The van der Waals surface area contributed by atoms with Gasteiger partial charge in [0.05, 0.1) is 56.1 Å². The Hall–Kier alpha value is -5.68. The summed E-state index contributed by atoms with van der Waals surface area (Å²) >= 11 is 0. The van der Waals surface area contributed by atoms with Gasteiger partial charge in [0.2, 0.25) is 11.2 Å². The van der Waals surface area contributed by atoms with Crippen LogP contribution in [0.1, 0.15) is 132 Å². The molecule has 7 rings (SSSR count). The Labute approximate surface area is 448 Å². The number of nitrogens with zero attached hydrogens (tertiary/aromatic N) is 9. The molecule has 0 spiro atoms. The van der Waals surface area contributed by atoms with Crippen LogP contribution in [0.25, 0.3) is 11.0 Å². The lowest BCUT2D eigenvalue weighted by Crippen LogP contribution is -2.41. The van der Waals surface area contributed by atoms with E-state index in [0.717, 1.165) is 43.9 Å². The minimum atomic E-state index is -4.94. The van der Waals surface area contributed by atoms with Crippen LogP contribution in [0.2, 0.25) is 0 Å². The molecule has 4 aromatic heterocycles. The highest BCUT2D eigenvalue weighted by atomic mass is 31.2. The van der Waals surface area contributed by atoms with E-state index in [1.54, 1.807) is 24.3 Å². The third kappa shape index (κ3) is 14.3. The zero-order valence-electron chi connectivity index (χ0n) is 43.6. The molecule has 2 aliphatic rings. The largest absolute Gasteiger partial charge is 0.475 e. The normalized spacial score (nSPS) is 23.8. The monoisotopic (exact) mass is 1090 g/mol. The molecule has 24 heteroatoms. The summed E-state index contributed by atoms with van der Waals surface area (Å²) in [7, 11) is -4.94. The van der Waals surface area contributed by atoms with Gasteiger partial charge in [-0.3, -0.25) is 13.6 Å². The van der Waals surface area contributed by atoms with Crippen LogP contribution in [0.4, 0.5) is 11.6 Å². The number of rotatable bonds is 33. The number of benzene rings is 1. The fraction of sp³-hybridized carbons (Fsp3) is 0.604. The maximum atomic E-state index is 14.9. The number of unbranched alkanes of at least 4 members (excludes halogenated alkanes) is 15. The van der Waals surface area contributed by atoms with Gasteiger partial charge in [0, 0.05) is 6.61 Å². The van der Waals surface area contributed by atoms with Gasteiger partial charge in [-0.15, -0.1) is 0 Å². The minimum absolute atomic E-state index is 0.00694. The van der Waals surface area contributed by atoms with Crippen LogP contribution in [-0.2, 0) is 54.9 Å². The number of aliphatic hydroxyl groups is 4. The number of aliphatic hydroxyl groups excluding tert-OH is 4. The van der Waals surface area contributed by atoms with Gasteiger partial charge in [0.15, 0.2) is 11.6 Å². The second-order valence-corrected chi connectivity index (χ2v) is 21.3. The molecule has 2 saturated heterocycles. The number of nitrogen functional groups attached to an aromatic ring is 2. The second-order valence-electron chi connectivity index (χ2n) is 19.7. The number of hydrogen-bond donors (Lipinski definition) is 6. The molecule has 0 radical (unpaired) electrons. The maximum absolute atomic E-state index is 14.9. The molecule has 0 amide bonds. The molecule has 77 heavy (non-hydrogen) atoms. The second kappa shape index (κ2) is 28.3. The molecule has 0 bridgehead atoms. The number of hydrogen-bond acceptors (Lipinski definition) is 21. The lowest BCUT2D eigenvalue weighted by atomic mass is 9.92. The third-order valence-electron chi connectivity index (χ3n) is 14.2. The van der Waals surface area contributed by atoms with Gasteiger partial charge in [0.1, 0.15) is 78.6 Å². The van der Waals surface area contributed by atoms with Gasteiger partial charge < -0.3 is 50.8 Å². The van der Waals surface area contributed by atoms with Crippen molar-refractivity contribution in [1.29, 1.82) is 15.8 Å². The van der Waals surface area contributed by atoms with E-state index in [1.807, 2.05) is 12.1 Å². The Morgan fingerprint density at radius 3 is 1.55 bits per heavy atom. The smallest absolute Gasteiger partial charge is 0.387 e. The molecular weight excluding hydrogens is 1010 g/mol. The van der Waals surface area contributed by atoms with Crippen LogP contribution in [0.3, 0.4) is 0 Å². The van der Waals surface area contributed by atoms with Gasteiger partial charge >= 0.3 is 7.82 Å². The van der Waals surface area contributed by atoms with E-state index in [4.69, 9.17) is 44.0 Å². The van der Waals surface area contributed by atoms with Gasteiger partial charge in [-0.25, -0.2) is 23.6 Å². The fourth-order valence-electron chi connectivity index (χ4n) is 9.72. The van der Waals surface area contributed by atoms with Crippen LogP contribution in [0.5, 0.6) is 0 Å². The molecule has 2 fully saturated rings. The number of aromatic nitrogens is 6. The number of nitrogens with two attached hydrogens (primary N) is 2. The van der Waals surface area contributed by atoms with E-state index in [-0.39, 0.29) is 36.2 Å². The molecule has 1 aromatic carbocycles. The zero-order chi connectivity index (χ0) is 54.8. The SMILES string of the molecule is CCCCCCCCCCCCCCCCCCOC[C@H](COP(=O)(OC[C@H]1O[C@@](C#N)(c2ccc3c(N)ncnn23)[C@H](O)[C@@H]1O)OC[C@H]1O[C@@](C#N)(c2ccc3c(N)ncnn23)[C@H](O)[C@@H]1O)OCc1ccc(C#N)cc1. The lowest BCUT2D eigenvalue weighted by molar-refractivity contribution is -0.0802. The summed E-state index contributed by atoms with van der Waals surface area (Å²) in [6, 6.07) is 18.6. The maximum Gasteiger partial charge on any atom is 0.475 e. The van der Waals surface area contributed by atoms with Crippen molar-refractivity contribution in [2.45, 2.75) is 170 Å². The molecule has 416 valence electrons. The number of nitriles is 3. The predicted octanol–water partition coefficient (Wildman–Crippen LogP) is 6.21. The molecule has 6 heterocycles. The average Bonchev–Trinajstić information content (AvgIpc) is 4.38. The van der Waals surface area contributed by atoms with Gasteiger partial charge in [-0.05, 0) is 48.4 Å². The first-order valence-electron chi connectivity index (χ1n) is 26.6. The van der Waals surface area contributed by atoms with Crippen molar-refractivity contribution in [3.05, 3.63) is 83.7 Å². The highest BCUT2D eigenvalue weighted by Crippen LogP contribution is 2.52. The van der Waals surface area contributed by atoms with E-state index in [1.165, 1.54) is 110 Å². The average molecular weight is 1090 g/mol. The summed E-state index contributed by atoms with van der Waals surface area (Å²) in [5.74, 6) is 0.146. The van der Waals surface area contributed by atoms with Crippen LogP contribution in [0.15, 0.2) is 61.2 Å². The van der Waals surface area contributed by atoms with Crippen molar-refractivity contribution >= 4 is 30.5 Å². The molecular formula is C53H72N11O12P. The molecule has 0 aliphatic carbocycles. The first-order chi connectivity index (χ1) is 37.3. The number of phosphoric ester groups is 1. The molecule has 0 unspecified atom stereocenters. The van der Waals surface area contributed by atoms with Crippen molar-refractivity contribution in [1.82, 2.24) is 29.2 Å². The topological polar surface area (TPSA) is 346 Å². The van der Waals surface area contributed by atoms with Gasteiger partial charge in [0.25, 0.3) is 0 Å². The van der Waals surface area contributed by atoms with E-state index in [2.05, 4.69) is 33.2 Å². The van der Waals surface area contributed by atoms with E-state index in [9.17, 15) is 40.8 Å². The van der Waals surface area contributed by atoms with Crippen LogP contribution >= 0.6 is 7.82 Å². The highest BCUT2D eigenvalue weighted by molar-refractivity contribution is 7.48. The van der Waals surface area contributed by atoms with E-state index >= 15 is 0 Å². The van der Waals surface area contributed by atoms with Crippen molar-refractivity contribution < 1.29 is 57.5 Å². The summed E-state index contributed by atoms with van der Waals surface area (Å²) < 4.78 is 59.5. The molecule has 2 aliphatic heterocycles. The Kier molecular flexibility index (Phi) is 21.7. The Bertz CT molecular complexity index is 2710. The van der Waals surface area contributed by atoms with Crippen LogP contribution in [0, 0.1) is 34.0 Å². The first kappa shape index (κ1) is 59.0. The molecule has 23 nitrogen and oxygen atoms in total. The Balaban J connectivity index is 1.01. The van der Waals surface area contributed by atoms with E-state index in [0.29, 0.717) is 23.2 Å². The summed E-state index contributed by atoms with van der Waals surface area (Å²) in [5, 5.41) is 84.2. The molecule has 9 atom stereocenters. The zero-order valence-corrected chi connectivity index (χ0v) is 44.4. The summed E-state index contributed by atoms with van der Waals surface area (Å²) in [6.07, 6.45) is 10.6. The fourth-order valence-corrected chi connectivity index (χ4v) is 10.9. The number of fused-ring (bicyclic) bond motifs is 2. The van der Waals surface area contributed by atoms with Crippen molar-refractivity contribution in [3.63, 3.8) is 0 Å². The van der Waals surface area contributed by atoms with Crippen LogP contribution in [-0.4, -0.2) is 125 Å². The number of ether oxygens (including phenoxy) is 4. The quantitative estimate of drug-likeness (QED) is 0.0201. The summed E-state index contributed by atoms with van der Waals surface area (Å²) in [4.78, 5) is 7.91. The number of anilines is 2. The minimum Gasteiger partial charge on any atom is -0.387 e. The Morgan fingerprint density at radius 2 is 1.10 bits per heavy atom. The summed E-state index contributed by atoms with van der Waals surface area (Å²) in [5.41, 5.74) is 9.35. The lowest BCUT2D eigenvalue weighted by Gasteiger charge is -2.26. The molecule has 8 N–H and O–H groups in total. The van der Waals surface area contributed by atoms with Crippen molar-refractivity contribution in [2.24, 2.45) is 0 Å². The first-order valence-corrected chi connectivity index (χ1v) is 28.1. The predicted molar refractivity (Wildman–Crippen MR) is 279 cm³/mol. The van der Waals surface area contributed by atoms with Crippen LogP contribution < -0.4 is 11.5 Å². The highest BCUT2D eigenvalue weighted by Gasteiger charge is 2.59. The van der Waals surface area contributed by atoms with E-state index < -0.39 is 81.6 Å². The number of phosphoric acid groups is 1. The van der Waals surface area contributed by atoms with Gasteiger partial charge in [-0.2, -0.15) is 26.0 Å². The van der Waals surface area contributed by atoms with Crippen molar-refractivity contribution in [2.75, 3.05) is 44.5 Å². The molecule has 0 saturated carbocycles. The summed E-state index contributed by atoms with van der Waals surface area (Å²) in [6.45, 7) is 0.594. The van der Waals surface area contributed by atoms with Crippen molar-refractivity contribution in [3.8, 4) is 18.2 Å². The molecule has 5 aromatic rings. The van der Waals surface area contributed by atoms with Gasteiger partial charge in [-0.1, -0.05) is 115 Å². The standard InChI is InChI=1S/C53H72N11O12P/c1-2-3-4-5-6-7-8-9-10-11-12-13-14-15-16-17-26-70-29-39(71-28-38-20-18-37(27-54)19-21-38)30-72-77(69,73-31-42-46(65)48(67)52(33-55,75-42)44-24-22-40-50(57)59-35-61-63(40)44)74-32-43-47(66)49(68)53(34-56,76-43)45-25-23-41-51(58)60-36-62-64(41)45/h18-25,35-36,39,42-43,46-49,65-68H,2-17,26,28-32H2,1H3,(H2,57,59,61)(H2,58,60,62)/t39-,42-,43-,46-,47-,48-,49-,52+,53+/m1/s1. The Morgan fingerprint density at radius 1 is 0.649 bits per heavy atom.